The number of rotatable bonds is 3. The Hall–Kier alpha value is -1.35. The summed E-state index contributed by atoms with van der Waals surface area (Å²) >= 11 is 0. The molecule has 3 rings (SSSR count). The van der Waals surface area contributed by atoms with Crippen LogP contribution in [0.25, 0.3) is 0 Å². The topological polar surface area (TPSA) is 40.5 Å². The van der Waals surface area contributed by atoms with Crippen molar-refractivity contribution in [2.24, 2.45) is 5.41 Å². The van der Waals surface area contributed by atoms with Gasteiger partial charge in [-0.05, 0) is 37.3 Å². The van der Waals surface area contributed by atoms with Gasteiger partial charge in [0.1, 0.15) is 0 Å². The first kappa shape index (κ1) is 13.6. The van der Waals surface area contributed by atoms with Gasteiger partial charge in [0.25, 0.3) is 0 Å². The summed E-state index contributed by atoms with van der Waals surface area (Å²) in [5.74, 6) is 0.286. The molecule has 0 atom stereocenters. The molecule has 0 bridgehead atoms. The van der Waals surface area contributed by atoms with Crippen molar-refractivity contribution < 1.29 is 9.90 Å². The maximum Gasteiger partial charge on any atom is 0.228 e. The molecule has 0 aromatic heterocycles. The fraction of sp³-hybridized carbons (Fsp3) is 0.588. The Morgan fingerprint density at radius 2 is 1.85 bits per heavy atom. The van der Waals surface area contributed by atoms with Crippen LogP contribution in [0.2, 0.25) is 0 Å². The number of carbonyl (C=O) groups is 1. The summed E-state index contributed by atoms with van der Waals surface area (Å²) in [4.78, 5) is 14.2. The van der Waals surface area contributed by atoms with Crippen molar-refractivity contribution in [3.05, 3.63) is 35.9 Å². The van der Waals surface area contributed by atoms with Crippen molar-refractivity contribution in [1.82, 2.24) is 4.90 Å². The predicted octanol–water partition coefficient (Wildman–Crippen LogP) is 2.18. The van der Waals surface area contributed by atoms with E-state index in [4.69, 9.17) is 0 Å². The lowest BCUT2D eigenvalue weighted by Gasteiger charge is -2.39. The summed E-state index contributed by atoms with van der Waals surface area (Å²) < 4.78 is 0. The van der Waals surface area contributed by atoms with Crippen molar-refractivity contribution in [2.75, 3.05) is 13.1 Å². The van der Waals surface area contributed by atoms with Gasteiger partial charge >= 0.3 is 0 Å². The van der Waals surface area contributed by atoms with Gasteiger partial charge in [0.05, 0.1) is 5.60 Å². The summed E-state index contributed by atoms with van der Waals surface area (Å²) in [5, 5.41) is 10.7. The van der Waals surface area contributed by atoms with E-state index in [1.54, 1.807) is 0 Å². The van der Waals surface area contributed by atoms with E-state index in [2.05, 4.69) is 13.0 Å². The zero-order valence-corrected chi connectivity index (χ0v) is 12.1. The summed E-state index contributed by atoms with van der Waals surface area (Å²) in [6.07, 6.45) is 4.06. The van der Waals surface area contributed by atoms with E-state index < -0.39 is 5.60 Å². The quantitative estimate of drug-likeness (QED) is 0.916. The molecule has 0 unspecified atom stereocenters. The predicted molar refractivity (Wildman–Crippen MR) is 77.1 cm³/mol. The molecule has 3 heteroatoms. The molecule has 107 valence electrons. The van der Waals surface area contributed by atoms with Crippen LogP contribution in [0.3, 0.4) is 0 Å². The van der Waals surface area contributed by atoms with E-state index in [9.17, 15) is 9.90 Å². The lowest BCUT2D eigenvalue weighted by atomic mass is 9.85. The van der Waals surface area contributed by atoms with Crippen LogP contribution in [-0.4, -0.2) is 34.6 Å². The number of likely N-dealkylation sites (tertiary alicyclic amines) is 1. The maximum absolute atomic E-state index is 12.3. The molecule has 1 amide bonds. The molecular weight excluding hydrogens is 250 g/mol. The standard InChI is InChI=1S/C17H22NO2/c1-16(7-8-16)15(19)18-11-9-17(20,10-12-18)13-14-5-3-2-4-6-14/h3-6,20H,7-13H2,1H3. The average molecular weight is 272 g/mol. The number of benzene rings is 1. The minimum absolute atomic E-state index is 0.0925. The number of hydrogen-bond acceptors (Lipinski definition) is 2. The summed E-state index contributed by atoms with van der Waals surface area (Å²) in [6, 6.07) is 10.8. The lowest BCUT2D eigenvalue weighted by molar-refractivity contribution is -0.140. The zero-order chi connectivity index (χ0) is 14.2. The van der Waals surface area contributed by atoms with E-state index >= 15 is 0 Å². The minimum Gasteiger partial charge on any atom is -0.389 e. The number of hydrogen-bond donors (Lipinski definition) is 1. The van der Waals surface area contributed by atoms with Crippen molar-refractivity contribution >= 4 is 5.91 Å². The van der Waals surface area contributed by atoms with E-state index in [1.807, 2.05) is 29.2 Å². The van der Waals surface area contributed by atoms with Crippen molar-refractivity contribution in [3.63, 3.8) is 0 Å². The van der Waals surface area contributed by atoms with Crippen LogP contribution in [0.1, 0.15) is 38.2 Å². The number of nitrogens with zero attached hydrogens (tertiary/aromatic N) is 1. The third-order valence-corrected chi connectivity index (χ3v) is 4.82. The van der Waals surface area contributed by atoms with Gasteiger partial charge in [-0.25, -0.2) is 0 Å². The highest BCUT2D eigenvalue weighted by molar-refractivity contribution is 5.85. The van der Waals surface area contributed by atoms with Gasteiger partial charge in [0, 0.05) is 24.9 Å². The van der Waals surface area contributed by atoms with Crippen LogP contribution in [0.4, 0.5) is 0 Å². The molecule has 1 heterocycles. The van der Waals surface area contributed by atoms with Crippen molar-refractivity contribution in [2.45, 2.75) is 44.6 Å². The Bertz CT molecular complexity index is 485. The minimum atomic E-state index is -0.664. The first-order chi connectivity index (χ1) is 9.51. The van der Waals surface area contributed by atoms with E-state index in [-0.39, 0.29) is 11.3 Å². The third-order valence-electron chi connectivity index (χ3n) is 4.82. The molecule has 1 N–H and O–H groups in total. The van der Waals surface area contributed by atoms with Gasteiger partial charge in [0.15, 0.2) is 0 Å². The normalized spacial score (nSPS) is 23.4. The van der Waals surface area contributed by atoms with Gasteiger partial charge in [-0.1, -0.05) is 31.2 Å². The SMILES string of the molecule is CC1(C(=O)N2CCC(O)(Cc3cc[c]cc3)CC2)CC1. The van der Waals surface area contributed by atoms with Crippen LogP contribution in [0, 0.1) is 11.5 Å². The zero-order valence-electron chi connectivity index (χ0n) is 12.1. The summed E-state index contributed by atoms with van der Waals surface area (Å²) in [5.41, 5.74) is 0.382. The van der Waals surface area contributed by atoms with Crippen LogP contribution in [0.15, 0.2) is 24.3 Å². The molecule has 1 aliphatic carbocycles. The second-order valence-electron chi connectivity index (χ2n) is 6.66. The van der Waals surface area contributed by atoms with E-state index in [0.29, 0.717) is 32.4 Å². The number of carbonyl (C=O) groups excluding carboxylic acids is 1. The van der Waals surface area contributed by atoms with Crippen LogP contribution in [0.5, 0.6) is 0 Å². The second kappa shape index (κ2) is 4.88. The highest BCUT2D eigenvalue weighted by Crippen LogP contribution is 2.47. The first-order valence-electron chi connectivity index (χ1n) is 7.48. The van der Waals surface area contributed by atoms with Crippen molar-refractivity contribution in [3.8, 4) is 0 Å². The van der Waals surface area contributed by atoms with Gasteiger partial charge in [0.2, 0.25) is 5.91 Å². The number of aliphatic hydroxyl groups is 1. The Morgan fingerprint density at radius 3 is 2.40 bits per heavy atom. The maximum atomic E-state index is 12.3. The molecule has 1 radical (unpaired) electrons. The fourth-order valence-electron chi connectivity index (χ4n) is 3.01. The first-order valence-corrected chi connectivity index (χ1v) is 7.48. The second-order valence-corrected chi connectivity index (χ2v) is 6.66. The molecular formula is C17H22NO2. The molecule has 1 aliphatic heterocycles. The highest BCUT2D eigenvalue weighted by atomic mass is 16.3. The molecule has 2 fully saturated rings. The van der Waals surface area contributed by atoms with Gasteiger partial charge < -0.3 is 10.0 Å². The lowest BCUT2D eigenvalue weighted by Crippen LogP contribution is -2.49. The van der Waals surface area contributed by atoms with Crippen molar-refractivity contribution in [1.29, 1.82) is 0 Å². The molecule has 1 saturated carbocycles. The van der Waals surface area contributed by atoms with E-state index in [1.165, 1.54) is 0 Å². The summed E-state index contributed by atoms with van der Waals surface area (Å²) in [6.45, 7) is 3.42. The third kappa shape index (κ3) is 2.73. The Balaban J connectivity index is 1.58. The average Bonchev–Trinajstić information content (AvgIpc) is 3.19. The molecule has 2 aliphatic rings. The Morgan fingerprint density at radius 1 is 1.25 bits per heavy atom. The highest BCUT2D eigenvalue weighted by Gasteiger charge is 2.48. The van der Waals surface area contributed by atoms with Gasteiger partial charge in [-0.2, -0.15) is 0 Å². The largest absolute Gasteiger partial charge is 0.389 e. The number of piperidine rings is 1. The van der Waals surface area contributed by atoms with Crippen LogP contribution < -0.4 is 0 Å². The Labute approximate surface area is 120 Å². The van der Waals surface area contributed by atoms with Crippen LogP contribution in [-0.2, 0) is 11.2 Å². The van der Waals surface area contributed by atoms with Gasteiger partial charge in [-0.3, -0.25) is 4.79 Å². The molecule has 20 heavy (non-hydrogen) atoms. The number of amides is 1. The molecule has 1 aromatic carbocycles. The monoisotopic (exact) mass is 272 g/mol. The smallest absolute Gasteiger partial charge is 0.228 e. The molecule has 1 aromatic rings. The fourth-order valence-corrected chi connectivity index (χ4v) is 3.01. The van der Waals surface area contributed by atoms with E-state index in [0.717, 1.165) is 18.4 Å². The van der Waals surface area contributed by atoms with Crippen LogP contribution >= 0.6 is 0 Å². The molecule has 3 nitrogen and oxygen atoms in total. The molecule has 0 spiro atoms. The Kier molecular flexibility index (Phi) is 3.33. The van der Waals surface area contributed by atoms with Gasteiger partial charge in [-0.15, -0.1) is 0 Å². The molecule has 1 saturated heterocycles. The summed E-state index contributed by atoms with van der Waals surface area (Å²) in [7, 11) is 0.